The number of carbonyl (C=O) groups is 1. The topological polar surface area (TPSA) is 47.6 Å². The normalized spacial score (nSPS) is 11.5. The highest BCUT2D eigenvalue weighted by Gasteiger charge is 2.18. The van der Waals surface area contributed by atoms with E-state index in [-0.39, 0.29) is 5.91 Å². The molecule has 1 atom stereocenters. The fourth-order valence-electron chi connectivity index (χ4n) is 2.29. The predicted molar refractivity (Wildman–Crippen MR) is 103 cm³/mol. The maximum Gasteiger partial charge on any atom is 0.265 e. The summed E-state index contributed by atoms with van der Waals surface area (Å²) in [5, 5.41) is 3.30. The van der Waals surface area contributed by atoms with Crippen LogP contribution in [0.3, 0.4) is 0 Å². The third-order valence-corrected chi connectivity index (χ3v) is 3.94. The average Bonchev–Trinajstić information content (AvgIpc) is 2.66. The Bertz CT molecular complexity index is 883. The van der Waals surface area contributed by atoms with E-state index in [0.29, 0.717) is 28.0 Å². The quantitative estimate of drug-likeness (QED) is 0.622. The first-order valence-electron chi connectivity index (χ1n) is 8.17. The Balaban J connectivity index is 1.70. The van der Waals surface area contributed by atoms with Crippen molar-refractivity contribution in [1.29, 1.82) is 0 Å². The highest BCUT2D eigenvalue weighted by molar-refractivity contribution is 6.32. The van der Waals surface area contributed by atoms with Crippen LogP contribution in [0.25, 0.3) is 0 Å². The maximum absolute atomic E-state index is 12.5. The number of anilines is 1. The molecule has 0 aliphatic carbocycles. The van der Waals surface area contributed by atoms with Gasteiger partial charge in [0.05, 0.1) is 10.7 Å². The van der Waals surface area contributed by atoms with Gasteiger partial charge in [-0.25, -0.2) is 0 Å². The molecule has 5 heteroatoms. The molecule has 132 valence electrons. The van der Waals surface area contributed by atoms with Gasteiger partial charge in [-0.2, -0.15) is 0 Å². The van der Waals surface area contributed by atoms with Crippen molar-refractivity contribution in [3.63, 3.8) is 0 Å². The molecule has 0 saturated heterocycles. The lowest BCUT2D eigenvalue weighted by Crippen LogP contribution is -2.30. The fraction of sp³-hybridized carbons (Fsp3) is 0.0952. The van der Waals surface area contributed by atoms with Crippen LogP contribution in [0, 0.1) is 0 Å². The minimum atomic E-state index is -0.723. The number of hydrogen-bond donors (Lipinski definition) is 1. The van der Waals surface area contributed by atoms with Crippen LogP contribution < -0.4 is 14.8 Å². The number of benzene rings is 3. The SMILES string of the molecule is C[C@H](Oc1ccccc1Cl)C(=O)Nc1ccccc1Oc1ccccc1. The van der Waals surface area contributed by atoms with Gasteiger partial charge in [0, 0.05) is 0 Å². The van der Waals surface area contributed by atoms with Crippen LogP contribution >= 0.6 is 11.6 Å². The van der Waals surface area contributed by atoms with Gasteiger partial charge in [-0.3, -0.25) is 4.79 Å². The van der Waals surface area contributed by atoms with E-state index in [1.165, 1.54) is 0 Å². The van der Waals surface area contributed by atoms with Crippen LogP contribution in [0.4, 0.5) is 5.69 Å². The van der Waals surface area contributed by atoms with Gasteiger partial charge in [0.25, 0.3) is 5.91 Å². The Morgan fingerprint density at radius 2 is 1.50 bits per heavy atom. The van der Waals surface area contributed by atoms with Crippen LogP contribution in [0.5, 0.6) is 17.2 Å². The Morgan fingerprint density at radius 3 is 2.23 bits per heavy atom. The van der Waals surface area contributed by atoms with Crippen molar-refractivity contribution in [3.8, 4) is 17.2 Å². The molecular weight excluding hydrogens is 350 g/mol. The molecule has 3 aromatic rings. The molecule has 0 heterocycles. The number of rotatable bonds is 6. The minimum Gasteiger partial charge on any atom is -0.479 e. The standard InChI is InChI=1S/C21H18ClNO3/c1-15(25-19-13-7-5-11-17(19)22)21(24)23-18-12-6-8-14-20(18)26-16-9-3-2-4-10-16/h2-15H,1H3,(H,23,24)/t15-/m0/s1. The number of halogens is 1. The van der Waals surface area contributed by atoms with Crippen molar-refractivity contribution in [2.75, 3.05) is 5.32 Å². The molecule has 0 saturated carbocycles. The summed E-state index contributed by atoms with van der Waals surface area (Å²) < 4.78 is 11.5. The van der Waals surface area contributed by atoms with Gasteiger partial charge in [0.15, 0.2) is 11.9 Å². The van der Waals surface area contributed by atoms with Gasteiger partial charge >= 0.3 is 0 Å². The number of ether oxygens (including phenoxy) is 2. The summed E-state index contributed by atoms with van der Waals surface area (Å²) in [4.78, 5) is 12.5. The maximum atomic E-state index is 12.5. The van der Waals surface area contributed by atoms with Gasteiger partial charge in [0.1, 0.15) is 11.5 Å². The van der Waals surface area contributed by atoms with E-state index >= 15 is 0 Å². The number of amides is 1. The Morgan fingerprint density at radius 1 is 0.885 bits per heavy atom. The van der Waals surface area contributed by atoms with Crippen molar-refractivity contribution in [2.24, 2.45) is 0 Å². The predicted octanol–water partition coefficient (Wildman–Crippen LogP) is 5.54. The zero-order valence-electron chi connectivity index (χ0n) is 14.2. The highest BCUT2D eigenvalue weighted by atomic mass is 35.5. The second-order valence-corrected chi connectivity index (χ2v) is 6.00. The third kappa shape index (κ3) is 4.55. The van der Waals surface area contributed by atoms with Crippen LogP contribution in [0.15, 0.2) is 78.9 Å². The van der Waals surface area contributed by atoms with E-state index in [0.717, 1.165) is 0 Å². The van der Waals surface area contributed by atoms with Crippen LogP contribution in [0.2, 0.25) is 5.02 Å². The van der Waals surface area contributed by atoms with Crippen molar-refractivity contribution in [2.45, 2.75) is 13.0 Å². The second-order valence-electron chi connectivity index (χ2n) is 5.59. The zero-order chi connectivity index (χ0) is 18.4. The Labute approximate surface area is 157 Å². The molecule has 3 aromatic carbocycles. The lowest BCUT2D eigenvalue weighted by atomic mass is 10.2. The molecule has 4 nitrogen and oxygen atoms in total. The van der Waals surface area contributed by atoms with Gasteiger partial charge in [-0.1, -0.05) is 54.1 Å². The fourth-order valence-corrected chi connectivity index (χ4v) is 2.47. The van der Waals surface area contributed by atoms with E-state index < -0.39 is 6.10 Å². The van der Waals surface area contributed by atoms with Crippen molar-refractivity contribution >= 4 is 23.2 Å². The lowest BCUT2D eigenvalue weighted by molar-refractivity contribution is -0.122. The smallest absolute Gasteiger partial charge is 0.265 e. The summed E-state index contributed by atoms with van der Waals surface area (Å²) >= 11 is 6.07. The molecule has 0 aliphatic heterocycles. The molecule has 1 amide bonds. The largest absolute Gasteiger partial charge is 0.479 e. The molecule has 0 spiro atoms. The average molecular weight is 368 g/mol. The van der Waals surface area contributed by atoms with Crippen LogP contribution in [-0.4, -0.2) is 12.0 Å². The molecule has 3 rings (SSSR count). The Kier molecular flexibility index (Phi) is 5.77. The molecule has 0 bridgehead atoms. The monoisotopic (exact) mass is 367 g/mol. The van der Waals surface area contributed by atoms with Crippen LogP contribution in [-0.2, 0) is 4.79 Å². The van der Waals surface area contributed by atoms with Gasteiger partial charge < -0.3 is 14.8 Å². The van der Waals surface area contributed by atoms with Crippen molar-refractivity contribution < 1.29 is 14.3 Å². The van der Waals surface area contributed by atoms with Crippen LogP contribution in [0.1, 0.15) is 6.92 Å². The summed E-state index contributed by atoms with van der Waals surface area (Å²) in [6, 6.07) is 23.7. The van der Waals surface area contributed by atoms with E-state index in [1.54, 1.807) is 43.3 Å². The third-order valence-electron chi connectivity index (χ3n) is 3.63. The number of carbonyl (C=O) groups excluding carboxylic acids is 1. The van der Waals surface area contributed by atoms with Gasteiger partial charge in [0.2, 0.25) is 0 Å². The number of hydrogen-bond acceptors (Lipinski definition) is 3. The first kappa shape index (κ1) is 17.8. The number of nitrogens with one attached hydrogen (secondary N) is 1. The first-order chi connectivity index (χ1) is 12.6. The molecule has 26 heavy (non-hydrogen) atoms. The van der Waals surface area contributed by atoms with Gasteiger partial charge in [-0.15, -0.1) is 0 Å². The molecular formula is C21H18ClNO3. The molecule has 0 aliphatic rings. The molecule has 0 radical (unpaired) electrons. The summed E-state index contributed by atoms with van der Waals surface area (Å²) in [6.07, 6.45) is -0.723. The lowest BCUT2D eigenvalue weighted by Gasteiger charge is -2.17. The van der Waals surface area contributed by atoms with E-state index in [2.05, 4.69) is 5.32 Å². The molecule has 0 aromatic heterocycles. The summed E-state index contributed by atoms with van der Waals surface area (Å²) in [6.45, 7) is 1.67. The first-order valence-corrected chi connectivity index (χ1v) is 8.55. The highest BCUT2D eigenvalue weighted by Crippen LogP contribution is 2.29. The molecule has 0 fully saturated rings. The molecule has 0 unspecified atom stereocenters. The van der Waals surface area contributed by atoms with Crippen molar-refractivity contribution in [3.05, 3.63) is 83.9 Å². The van der Waals surface area contributed by atoms with E-state index in [4.69, 9.17) is 21.1 Å². The van der Waals surface area contributed by atoms with E-state index in [9.17, 15) is 4.79 Å². The minimum absolute atomic E-state index is 0.297. The Hall–Kier alpha value is -2.98. The summed E-state index contributed by atoms with van der Waals surface area (Å²) in [5.74, 6) is 1.41. The van der Waals surface area contributed by atoms with Crippen molar-refractivity contribution in [1.82, 2.24) is 0 Å². The summed E-state index contributed by atoms with van der Waals surface area (Å²) in [7, 11) is 0. The van der Waals surface area contributed by atoms with Gasteiger partial charge in [-0.05, 0) is 43.3 Å². The van der Waals surface area contributed by atoms with E-state index in [1.807, 2.05) is 42.5 Å². The second kappa shape index (κ2) is 8.41. The zero-order valence-corrected chi connectivity index (χ0v) is 14.9. The summed E-state index contributed by atoms with van der Waals surface area (Å²) in [5.41, 5.74) is 0.566. The number of para-hydroxylation sites is 4. The molecule has 1 N–H and O–H groups in total.